The van der Waals surface area contributed by atoms with Crippen LogP contribution in [0.4, 0.5) is 0 Å². The highest BCUT2D eigenvalue weighted by Crippen LogP contribution is 2.28. The van der Waals surface area contributed by atoms with Crippen molar-refractivity contribution < 1.29 is 13.2 Å². The van der Waals surface area contributed by atoms with Crippen LogP contribution in [0.2, 0.25) is 5.02 Å². The second-order valence-electron chi connectivity index (χ2n) is 7.81. The summed E-state index contributed by atoms with van der Waals surface area (Å²) in [6.07, 6.45) is 4.46. The van der Waals surface area contributed by atoms with E-state index in [4.69, 9.17) is 11.6 Å². The van der Waals surface area contributed by atoms with Crippen molar-refractivity contribution in [3.63, 3.8) is 0 Å². The first kappa shape index (κ1) is 22.8. The maximum atomic E-state index is 13.2. The first-order valence-corrected chi connectivity index (χ1v) is 12.3. The Kier molecular flexibility index (Phi) is 7.55. The van der Waals surface area contributed by atoms with Gasteiger partial charge in [0.25, 0.3) is 5.91 Å². The number of carbonyl (C=O) groups is 1. The van der Waals surface area contributed by atoms with E-state index >= 15 is 0 Å². The number of halogens is 1. The fourth-order valence-corrected chi connectivity index (χ4v) is 5.74. The summed E-state index contributed by atoms with van der Waals surface area (Å²) in [6, 6.07) is 12.3. The third-order valence-corrected chi connectivity index (χ3v) is 7.95. The fraction of sp³-hybridized carbons (Fsp3) is 0.435. The fourth-order valence-electron chi connectivity index (χ4n) is 3.72. The summed E-state index contributed by atoms with van der Waals surface area (Å²) in [6.45, 7) is 4.99. The highest BCUT2D eigenvalue weighted by Gasteiger charge is 2.28. The zero-order chi connectivity index (χ0) is 21.7. The number of hydrogen-bond acceptors (Lipinski definition) is 3. The molecule has 0 unspecified atom stereocenters. The van der Waals surface area contributed by atoms with E-state index in [1.807, 2.05) is 38.1 Å². The SMILES string of the molecule is CC[C@@H](NC(=O)c1ccc(Cl)c(S(=O)(=O)N2CCCCCC2)c1)c1ccc(C)cc1. The maximum absolute atomic E-state index is 13.2. The van der Waals surface area contributed by atoms with Gasteiger partial charge in [0, 0.05) is 18.7 Å². The maximum Gasteiger partial charge on any atom is 0.251 e. The highest BCUT2D eigenvalue weighted by atomic mass is 35.5. The summed E-state index contributed by atoms with van der Waals surface area (Å²) in [5.41, 5.74) is 2.46. The molecule has 1 saturated heterocycles. The van der Waals surface area contributed by atoms with Crippen LogP contribution in [-0.2, 0) is 10.0 Å². The molecule has 1 atom stereocenters. The normalized spacial score (nSPS) is 16.6. The predicted molar refractivity (Wildman–Crippen MR) is 120 cm³/mol. The zero-order valence-electron chi connectivity index (χ0n) is 17.5. The number of sulfonamides is 1. The van der Waals surface area contributed by atoms with Crippen LogP contribution in [0.3, 0.4) is 0 Å². The Morgan fingerprint density at radius 3 is 2.30 bits per heavy atom. The van der Waals surface area contributed by atoms with Crippen molar-refractivity contribution in [3.05, 3.63) is 64.2 Å². The Hall–Kier alpha value is -1.89. The summed E-state index contributed by atoms with van der Waals surface area (Å²) >= 11 is 6.25. The van der Waals surface area contributed by atoms with Crippen molar-refractivity contribution in [3.8, 4) is 0 Å². The van der Waals surface area contributed by atoms with Crippen LogP contribution >= 0.6 is 11.6 Å². The molecule has 3 rings (SSSR count). The Bertz CT molecular complexity index is 982. The van der Waals surface area contributed by atoms with E-state index < -0.39 is 10.0 Å². The van der Waals surface area contributed by atoms with Gasteiger partial charge in [-0.05, 0) is 49.9 Å². The molecule has 5 nitrogen and oxygen atoms in total. The van der Waals surface area contributed by atoms with Crippen molar-refractivity contribution in [2.45, 2.75) is 56.9 Å². The molecule has 30 heavy (non-hydrogen) atoms. The Morgan fingerprint density at radius 2 is 1.70 bits per heavy atom. The van der Waals surface area contributed by atoms with E-state index in [9.17, 15) is 13.2 Å². The number of carbonyl (C=O) groups excluding carboxylic acids is 1. The van der Waals surface area contributed by atoms with E-state index in [-0.39, 0.29) is 21.9 Å². The topological polar surface area (TPSA) is 66.5 Å². The Morgan fingerprint density at radius 1 is 1.07 bits per heavy atom. The van der Waals surface area contributed by atoms with E-state index in [1.54, 1.807) is 6.07 Å². The molecule has 7 heteroatoms. The molecule has 0 aromatic heterocycles. The van der Waals surface area contributed by atoms with Crippen LogP contribution < -0.4 is 5.32 Å². The first-order chi connectivity index (χ1) is 14.3. The molecule has 2 aromatic rings. The number of aryl methyl sites for hydroxylation is 1. The monoisotopic (exact) mass is 448 g/mol. The van der Waals surface area contributed by atoms with Gasteiger partial charge in [-0.3, -0.25) is 4.79 Å². The van der Waals surface area contributed by atoms with Crippen molar-refractivity contribution in [1.82, 2.24) is 9.62 Å². The minimum Gasteiger partial charge on any atom is -0.345 e. The molecule has 162 valence electrons. The highest BCUT2D eigenvalue weighted by molar-refractivity contribution is 7.89. The van der Waals surface area contributed by atoms with Crippen LogP contribution in [0.15, 0.2) is 47.4 Å². The minimum absolute atomic E-state index is 0.00195. The molecule has 2 aromatic carbocycles. The summed E-state index contributed by atoms with van der Waals surface area (Å²) < 4.78 is 27.8. The van der Waals surface area contributed by atoms with Gasteiger partial charge in [0.15, 0.2) is 0 Å². The standard InChI is InChI=1S/C23H29ClN2O3S/c1-3-21(18-10-8-17(2)9-11-18)25-23(27)19-12-13-20(24)22(16-19)30(28,29)26-14-6-4-5-7-15-26/h8-13,16,21H,3-7,14-15H2,1-2H3,(H,25,27)/t21-/m1/s1. The Labute approximate surface area is 184 Å². The zero-order valence-corrected chi connectivity index (χ0v) is 19.1. The smallest absolute Gasteiger partial charge is 0.251 e. The largest absolute Gasteiger partial charge is 0.345 e. The lowest BCUT2D eigenvalue weighted by Crippen LogP contribution is -2.32. The summed E-state index contributed by atoms with van der Waals surface area (Å²) in [5, 5.41) is 3.16. The third-order valence-electron chi connectivity index (χ3n) is 5.57. The average Bonchev–Trinajstić information content (AvgIpc) is 3.03. The van der Waals surface area contributed by atoms with Crippen LogP contribution in [0.5, 0.6) is 0 Å². The number of nitrogens with zero attached hydrogens (tertiary/aromatic N) is 1. The van der Waals surface area contributed by atoms with Gasteiger partial charge in [-0.15, -0.1) is 0 Å². The summed E-state index contributed by atoms with van der Waals surface area (Å²) in [4.78, 5) is 12.9. The van der Waals surface area contributed by atoms with Crippen molar-refractivity contribution in [1.29, 1.82) is 0 Å². The molecule has 0 bridgehead atoms. The number of nitrogens with one attached hydrogen (secondary N) is 1. The molecule has 0 aliphatic carbocycles. The minimum atomic E-state index is -3.74. The van der Waals surface area contributed by atoms with Crippen molar-refractivity contribution >= 4 is 27.5 Å². The second kappa shape index (κ2) is 9.94. The van der Waals surface area contributed by atoms with Gasteiger partial charge < -0.3 is 5.32 Å². The van der Waals surface area contributed by atoms with Crippen molar-refractivity contribution in [2.24, 2.45) is 0 Å². The summed E-state index contributed by atoms with van der Waals surface area (Å²) in [7, 11) is -3.74. The molecule has 0 saturated carbocycles. The average molecular weight is 449 g/mol. The van der Waals surface area contributed by atoms with Gasteiger partial charge in [-0.2, -0.15) is 4.31 Å². The molecule has 1 aliphatic heterocycles. The van der Waals surface area contributed by atoms with E-state index in [0.717, 1.165) is 43.2 Å². The number of rotatable bonds is 6. The summed E-state index contributed by atoms with van der Waals surface area (Å²) in [5.74, 6) is -0.314. The number of benzene rings is 2. The van der Waals surface area contributed by atoms with Gasteiger partial charge in [-0.25, -0.2) is 8.42 Å². The molecular formula is C23H29ClN2O3S. The van der Waals surface area contributed by atoms with Crippen LogP contribution in [-0.4, -0.2) is 31.7 Å². The van der Waals surface area contributed by atoms with E-state index in [2.05, 4.69) is 5.32 Å². The first-order valence-electron chi connectivity index (χ1n) is 10.5. The van der Waals surface area contributed by atoms with Gasteiger partial charge in [0.1, 0.15) is 4.90 Å². The van der Waals surface area contributed by atoms with Gasteiger partial charge in [0.05, 0.1) is 11.1 Å². The molecule has 1 N–H and O–H groups in total. The van der Waals surface area contributed by atoms with Crippen molar-refractivity contribution in [2.75, 3.05) is 13.1 Å². The van der Waals surface area contributed by atoms with Crippen LogP contribution in [0.25, 0.3) is 0 Å². The van der Waals surface area contributed by atoms with Gasteiger partial charge in [-0.1, -0.05) is 61.2 Å². The lowest BCUT2D eigenvalue weighted by molar-refractivity contribution is 0.0935. The lowest BCUT2D eigenvalue weighted by Gasteiger charge is -2.21. The quantitative estimate of drug-likeness (QED) is 0.668. The Balaban J connectivity index is 1.84. The molecule has 1 aliphatic rings. The van der Waals surface area contributed by atoms with Crippen LogP contribution in [0.1, 0.15) is 66.6 Å². The molecule has 1 heterocycles. The molecule has 1 fully saturated rings. The van der Waals surface area contributed by atoms with Gasteiger partial charge >= 0.3 is 0 Å². The number of hydrogen-bond donors (Lipinski definition) is 1. The predicted octanol–water partition coefficient (Wildman–Crippen LogP) is 5.09. The molecule has 0 spiro atoms. The van der Waals surface area contributed by atoms with E-state index in [0.29, 0.717) is 18.7 Å². The number of amides is 1. The molecular weight excluding hydrogens is 420 g/mol. The third kappa shape index (κ3) is 5.23. The molecule has 1 amide bonds. The second-order valence-corrected chi connectivity index (χ2v) is 10.1. The van der Waals surface area contributed by atoms with Gasteiger partial charge in [0.2, 0.25) is 10.0 Å². The van der Waals surface area contributed by atoms with E-state index in [1.165, 1.54) is 16.4 Å². The van der Waals surface area contributed by atoms with Crippen LogP contribution in [0, 0.1) is 6.92 Å². The lowest BCUT2D eigenvalue weighted by atomic mass is 10.0. The molecule has 0 radical (unpaired) electrons.